The number of rotatable bonds is 1. The van der Waals surface area contributed by atoms with Crippen molar-refractivity contribution in [2.75, 3.05) is 6.54 Å². The predicted octanol–water partition coefficient (Wildman–Crippen LogP) is 3.39. The number of hydrogen-bond acceptors (Lipinski definition) is 3. The highest BCUT2D eigenvalue weighted by Crippen LogP contribution is 2.53. The number of piperidine rings is 1. The third-order valence-electron chi connectivity index (χ3n) is 6.58. The van der Waals surface area contributed by atoms with Crippen LogP contribution in [0.15, 0.2) is 0 Å². The second-order valence-electron chi connectivity index (χ2n) is 9.34. The smallest absolute Gasteiger partial charge is 0.222 e. The van der Waals surface area contributed by atoms with Crippen molar-refractivity contribution < 1.29 is 14.3 Å². The van der Waals surface area contributed by atoms with Gasteiger partial charge in [-0.25, -0.2) is 0 Å². The van der Waals surface area contributed by atoms with E-state index in [1.807, 2.05) is 13.8 Å². The van der Waals surface area contributed by atoms with E-state index in [1.165, 1.54) is 0 Å². The van der Waals surface area contributed by atoms with Gasteiger partial charge in [0.15, 0.2) is 5.79 Å². The average molecular weight is 326 g/mol. The maximum absolute atomic E-state index is 12.6. The fourth-order valence-corrected chi connectivity index (χ4v) is 7.44. The first-order chi connectivity index (χ1) is 9.92. The maximum atomic E-state index is 12.6. The monoisotopic (exact) mass is 325 g/mol. The number of nitrogens with zero attached hydrogens (tertiary/aromatic N) is 1. The van der Waals surface area contributed by atoms with E-state index in [9.17, 15) is 4.79 Å². The van der Waals surface area contributed by atoms with Gasteiger partial charge in [-0.2, -0.15) is 0 Å². The Hall–Kier alpha value is -0.393. The molecule has 4 atom stereocenters. The largest absolute Gasteiger partial charge is 0.344 e. The second-order valence-corrected chi connectivity index (χ2v) is 15.0. The summed E-state index contributed by atoms with van der Waals surface area (Å²) in [5.74, 6) is -0.184. The summed E-state index contributed by atoms with van der Waals surface area (Å²) in [6, 6.07) is 0.354. The lowest BCUT2D eigenvalue weighted by molar-refractivity contribution is -0.146. The lowest BCUT2D eigenvalue weighted by atomic mass is 9.97. The first-order valence-electron chi connectivity index (χ1n) is 8.57. The SMILES string of the molecule is CC1(C)O[C@H]2C[C@@H]3[C@H]([Si](C)(C)C(C)(C)C)CC(=O)N3C[C@H]2O1. The minimum atomic E-state index is -1.56. The second kappa shape index (κ2) is 4.80. The van der Waals surface area contributed by atoms with Crippen molar-refractivity contribution in [1.29, 1.82) is 0 Å². The lowest BCUT2D eigenvalue weighted by Gasteiger charge is -2.46. The molecule has 4 nitrogen and oxygen atoms in total. The quantitative estimate of drug-likeness (QED) is 0.694. The third-order valence-corrected chi connectivity index (χ3v) is 12.9. The van der Waals surface area contributed by atoms with Crippen LogP contribution in [0.5, 0.6) is 0 Å². The maximum Gasteiger partial charge on any atom is 0.222 e. The van der Waals surface area contributed by atoms with Gasteiger partial charge in [-0.1, -0.05) is 33.9 Å². The summed E-state index contributed by atoms with van der Waals surface area (Å²) >= 11 is 0. The highest BCUT2D eigenvalue weighted by atomic mass is 28.3. The van der Waals surface area contributed by atoms with E-state index in [0.717, 1.165) is 12.8 Å². The van der Waals surface area contributed by atoms with Gasteiger partial charge >= 0.3 is 0 Å². The van der Waals surface area contributed by atoms with E-state index in [-0.39, 0.29) is 12.2 Å². The van der Waals surface area contributed by atoms with Crippen molar-refractivity contribution in [3.05, 3.63) is 0 Å². The molecule has 3 saturated heterocycles. The molecule has 0 aromatic heterocycles. The Morgan fingerprint density at radius 3 is 2.36 bits per heavy atom. The van der Waals surface area contributed by atoms with Crippen LogP contribution in [0.2, 0.25) is 23.7 Å². The normalized spacial score (nSPS) is 38.1. The number of ether oxygens (including phenoxy) is 2. The lowest BCUT2D eigenvalue weighted by Crippen LogP contribution is -2.54. The molecule has 3 aliphatic heterocycles. The van der Waals surface area contributed by atoms with Gasteiger partial charge in [0, 0.05) is 19.0 Å². The van der Waals surface area contributed by atoms with Crippen LogP contribution < -0.4 is 0 Å². The van der Waals surface area contributed by atoms with E-state index in [2.05, 4.69) is 38.8 Å². The first-order valence-corrected chi connectivity index (χ1v) is 11.7. The van der Waals surface area contributed by atoms with Crippen molar-refractivity contribution in [1.82, 2.24) is 4.90 Å². The molecule has 22 heavy (non-hydrogen) atoms. The minimum absolute atomic E-state index is 0.0494. The van der Waals surface area contributed by atoms with Crippen molar-refractivity contribution in [3.8, 4) is 0 Å². The van der Waals surface area contributed by atoms with E-state index in [4.69, 9.17) is 9.47 Å². The molecule has 3 fully saturated rings. The van der Waals surface area contributed by atoms with Gasteiger partial charge in [0.2, 0.25) is 5.91 Å². The summed E-state index contributed by atoms with van der Waals surface area (Å²) in [5.41, 5.74) is 0.522. The van der Waals surface area contributed by atoms with Crippen LogP contribution in [0.3, 0.4) is 0 Å². The molecule has 1 amide bonds. The van der Waals surface area contributed by atoms with Gasteiger partial charge in [0.25, 0.3) is 0 Å². The van der Waals surface area contributed by atoms with Gasteiger partial charge in [-0.3, -0.25) is 4.79 Å². The average Bonchev–Trinajstić information content (AvgIpc) is 2.81. The fourth-order valence-electron chi connectivity index (χ4n) is 4.36. The number of amides is 1. The molecule has 0 aromatic carbocycles. The zero-order valence-electron chi connectivity index (χ0n) is 15.1. The molecule has 5 heteroatoms. The Bertz CT molecular complexity index is 483. The molecule has 0 unspecified atom stereocenters. The highest BCUT2D eigenvalue weighted by molar-refractivity contribution is 6.82. The van der Waals surface area contributed by atoms with Gasteiger partial charge in [-0.05, 0) is 30.8 Å². The van der Waals surface area contributed by atoms with Crippen LogP contribution in [0.1, 0.15) is 47.5 Å². The molecule has 3 rings (SSSR count). The van der Waals surface area contributed by atoms with Gasteiger partial charge in [-0.15, -0.1) is 0 Å². The Balaban J connectivity index is 1.85. The molecule has 3 aliphatic rings. The summed E-state index contributed by atoms with van der Waals surface area (Å²) < 4.78 is 12.1. The molecular weight excluding hydrogens is 294 g/mol. The molecule has 0 spiro atoms. The summed E-state index contributed by atoms with van der Waals surface area (Å²) in [4.78, 5) is 14.7. The third kappa shape index (κ3) is 2.45. The van der Waals surface area contributed by atoms with Crippen LogP contribution in [0.25, 0.3) is 0 Å². The standard InChI is InChI=1S/C17H31NO3Si/c1-16(2,3)22(6,7)14-9-15(19)18-10-13-12(8-11(14)18)20-17(4,5)21-13/h11-14H,8-10H2,1-7H3/t11-,12+,13-,14-/m1/s1. The molecule has 0 aromatic rings. The predicted molar refractivity (Wildman–Crippen MR) is 89.5 cm³/mol. The van der Waals surface area contributed by atoms with Crippen molar-refractivity contribution in [2.24, 2.45) is 0 Å². The number of carbonyl (C=O) groups excluding carboxylic acids is 1. The van der Waals surface area contributed by atoms with Crippen molar-refractivity contribution >= 4 is 14.0 Å². The zero-order chi connectivity index (χ0) is 16.5. The Kier molecular flexibility index (Phi) is 3.60. The van der Waals surface area contributed by atoms with E-state index in [1.54, 1.807) is 0 Å². The number of carbonyl (C=O) groups is 1. The van der Waals surface area contributed by atoms with Gasteiger partial charge in [0.05, 0.1) is 14.2 Å². The first kappa shape index (κ1) is 16.5. The Labute approximate surface area is 135 Å². The van der Waals surface area contributed by atoms with E-state index in [0.29, 0.717) is 29.1 Å². The van der Waals surface area contributed by atoms with E-state index < -0.39 is 13.9 Å². The minimum Gasteiger partial charge on any atom is -0.344 e. The Morgan fingerprint density at radius 1 is 1.18 bits per heavy atom. The molecule has 0 aliphatic carbocycles. The molecular formula is C17H31NO3Si. The summed E-state index contributed by atoms with van der Waals surface area (Å²) in [6.45, 7) is 16.6. The molecule has 0 radical (unpaired) electrons. The van der Waals surface area contributed by atoms with Crippen LogP contribution in [-0.4, -0.2) is 49.5 Å². The summed E-state index contributed by atoms with van der Waals surface area (Å²) in [5, 5.41) is 0.303. The molecule has 126 valence electrons. The van der Waals surface area contributed by atoms with Gasteiger partial charge < -0.3 is 14.4 Å². The fraction of sp³-hybridized carbons (Fsp3) is 0.941. The van der Waals surface area contributed by atoms with Crippen LogP contribution in [0, 0.1) is 0 Å². The van der Waals surface area contributed by atoms with E-state index >= 15 is 0 Å². The highest BCUT2D eigenvalue weighted by Gasteiger charge is 2.57. The van der Waals surface area contributed by atoms with Crippen LogP contribution >= 0.6 is 0 Å². The number of fused-ring (bicyclic) bond motifs is 2. The summed E-state index contributed by atoms with van der Waals surface area (Å²) in [7, 11) is -1.56. The van der Waals surface area contributed by atoms with Gasteiger partial charge in [0.1, 0.15) is 6.10 Å². The van der Waals surface area contributed by atoms with Crippen LogP contribution in [-0.2, 0) is 14.3 Å². The Morgan fingerprint density at radius 2 is 1.77 bits per heavy atom. The van der Waals surface area contributed by atoms with Crippen molar-refractivity contribution in [2.45, 2.75) is 95.2 Å². The molecule has 3 heterocycles. The zero-order valence-corrected chi connectivity index (χ0v) is 16.1. The molecule has 0 N–H and O–H groups in total. The number of hydrogen-bond donors (Lipinski definition) is 0. The van der Waals surface area contributed by atoms with Crippen molar-refractivity contribution in [3.63, 3.8) is 0 Å². The molecule has 0 saturated carbocycles. The molecule has 0 bridgehead atoms. The summed E-state index contributed by atoms with van der Waals surface area (Å²) in [6.07, 6.45) is 1.86. The van der Waals surface area contributed by atoms with Crippen LogP contribution in [0.4, 0.5) is 0 Å². The topological polar surface area (TPSA) is 38.8 Å².